The molecule has 6 nitrogen and oxygen atoms in total. The van der Waals surface area contributed by atoms with Crippen molar-refractivity contribution in [3.8, 4) is 0 Å². The van der Waals surface area contributed by atoms with Gasteiger partial charge in [0.05, 0.1) is 11.3 Å². The molecule has 1 aromatic carbocycles. The number of azide groups is 1. The number of hydrogen-bond acceptors (Lipinski definition) is 4. The van der Waals surface area contributed by atoms with Gasteiger partial charge in [-0.2, -0.15) is 0 Å². The van der Waals surface area contributed by atoms with Crippen LogP contribution in [-0.2, 0) is 4.74 Å². The Labute approximate surface area is 112 Å². The van der Waals surface area contributed by atoms with Crippen LogP contribution in [0, 0.1) is 0 Å². The summed E-state index contributed by atoms with van der Waals surface area (Å²) in [5.41, 5.74) is 9.02. The third-order valence-electron chi connectivity index (χ3n) is 2.81. The van der Waals surface area contributed by atoms with E-state index < -0.39 is 5.97 Å². The second-order valence-corrected chi connectivity index (χ2v) is 3.87. The molecule has 102 valence electrons. The maximum Gasteiger partial charge on any atom is 0.338 e. The third kappa shape index (κ3) is 4.62. The minimum atomic E-state index is -0.463. The number of hydrogen-bond donors (Lipinski definition) is 0. The number of rotatable bonds is 7. The van der Waals surface area contributed by atoms with E-state index in [9.17, 15) is 4.79 Å². The molecule has 19 heavy (non-hydrogen) atoms. The first-order valence-electron chi connectivity index (χ1n) is 6.26. The molecule has 0 saturated carbocycles. The normalized spacial score (nSPS) is 10.1. The number of benzene rings is 1. The molecule has 0 aromatic heterocycles. The Bertz CT molecular complexity index is 465. The van der Waals surface area contributed by atoms with Crippen molar-refractivity contribution in [3.05, 3.63) is 40.3 Å². The molecule has 0 heterocycles. The summed E-state index contributed by atoms with van der Waals surface area (Å²) >= 11 is 0. The van der Waals surface area contributed by atoms with Crippen molar-refractivity contribution in [2.75, 3.05) is 26.2 Å². The van der Waals surface area contributed by atoms with Crippen LogP contribution in [0.25, 0.3) is 10.4 Å². The van der Waals surface area contributed by atoms with Gasteiger partial charge in [-0.1, -0.05) is 37.2 Å². The van der Waals surface area contributed by atoms with Crippen LogP contribution in [-0.4, -0.2) is 37.1 Å². The van der Waals surface area contributed by atoms with E-state index >= 15 is 0 Å². The van der Waals surface area contributed by atoms with Gasteiger partial charge in [-0.3, -0.25) is 0 Å². The molecule has 0 atom stereocenters. The first-order chi connectivity index (χ1) is 9.22. The van der Waals surface area contributed by atoms with Gasteiger partial charge < -0.3 is 9.64 Å². The molecule has 0 unspecified atom stereocenters. The standard InChI is InChI=1S/C13H18N4O2/c1-3-17(4-2)9-10-19-13(18)11-7-5-6-8-12(11)15-16-14/h5-8H,3-4,9-10H2,1-2H3. The minimum Gasteiger partial charge on any atom is -0.461 e. The Morgan fingerprint density at radius 2 is 2.05 bits per heavy atom. The smallest absolute Gasteiger partial charge is 0.338 e. The van der Waals surface area contributed by atoms with Crippen LogP contribution in [0.15, 0.2) is 29.4 Å². The Morgan fingerprint density at radius 1 is 1.37 bits per heavy atom. The van der Waals surface area contributed by atoms with E-state index in [1.54, 1.807) is 24.3 Å². The lowest BCUT2D eigenvalue weighted by Crippen LogP contribution is -2.27. The number of carbonyl (C=O) groups excluding carboxylic acids is 1. The van der Waals surface area contributed by atoms with Gasteiger partial charge >= 0.3 is 5.97 Å². The second-order valence-electron chi connectivity index (χ2n) is 3.87. The maximum atomic E-state index is 11.9. The van der Waals surface area contributed by atoms with Crippen molar-refractivity contribution in [3.63, 3.8) is 0 Å². The molecule has 0 aliphatic heterocycles. The number of likely N-dealkylation sites (N-methyl/N-ethyl adjacent to an activating group) is 1. The lowest BCUT2D eigenvalue weighted by atomic mass is 10.2. The van der Waals surface area contributed by atoms with Crippen LogP contribution in [0.3, 0.4) is 0 Å². The van der Waals surface area contributed by atoms with Crippen LogP contribution in [0.2, 0.25) is 0 Å². The van der Waals surface area contributed by atoms with Gasteiger partial charge in [-0.05, 0) is 24.7 Å². The molecular weight excluding hydrogens is 244 g/mol. The zero-order chi connectivity index (χ0) is 14.1. The molecule has 1 rings (SSSR count). The van der Waals surface area contributed by atoms with Crippen LogP contribution in [0.5, 0.6) is 0 Å². The average Bonchev–Trinajstić information content (AvgIpc) is 2.44. The van der Waals surface area contributed by atoms with E-state index in [4.69, 9.17) is 10.3 Å². The predicted octanol–water partition coefficient (Wildman–Crippen LogP) is 3.13. The summed E-state index contributed by atoms with van der Waals surface area (Å²) in [6, 6.07) is 6.58. The fourth-order valence-corrected chi connectivity index (χ4v) is 1.67. The van der Waals surface area contributed by atoms with E-state index in [-0.39, 0.29) is 5.69 Å². The van der Waals surface area contributed by atoms with E-state index in [1.165, 1.54) is 0 Å². The van der Waals surface area contributed by atoms with Crippen LogP contribution in [0.4, 0.5) is 5.69 Å². The summed E-state index contributed by atoms with van der Waals surface area (Å²) in [4.78, 5) is 16.7. The highest BCUT2D eigenvalue weighted by atomic mass is 16.5. The Hall–Kier alpha value is -2.04. The van der Waals surface area contributed by atoms with Gasteiger partial charge in [0.2, 0.25) is 0 Å². The topological polar surface area (TPSA) is 78.3 Å². The van der Waals surface area contributed by atoms with Gasteiger partial charge in [-0.25, -0.2) is 4.79 Å². The Morgan fingerprint density at radius 3 is 2.68 bits per heavy atom. The molecule has 0 N–H and O–H groups in total. The highest BCUT2D eigenvalue weighted by Crippen LogP contribution is 2.19. The highest BCUT2D eigenvalue weighted by molar-refractivity contribution is 5.94. The molecule has 0 fully saturated rings. The van der Waals surface area contributed by atoms with Gasteiger partial charge in [0.1, 0.15) is 6.61 Å². The number of esters is 1. The number of nitrogens with zero attached hydrogens (tertiary/aromatic N) is 4. The van der Waals surface area contributed by atoms with Crippen molar-refractivity contribution in [1.29, 1.82) is 0 Å². The molecule has 1 aromatic rings. The molecule has 0 aliphatic carbocycles. The van der Waals surface area contributed by atoms with Crippen LogP contribution < -0.4 is 0 Å². The summed E-state index contributed by atoms with van der Waals surface area (Å²) in [5, 5.41) is 3.47. The molecular formula is C13H18N4O2. The lowest BCUT2D eigenvalue weighted by molar-refractivity contribution is 0.0467. The molecule has 0 saturated heterocycles. The first-order valence-corrected chi connectivity index (χ1v) is 6.26. The SMILES string of the molecule is CCN(CC)CCOC(=O)c1ccccc1N=[N+]=[N-]. The van der Waals surface area contributed by atoms with Crippen molar-refractivity contribution < 1.29 is 9.53 Å². The molecule has 6 heteroatoms. The molecule has 0 aliphatic rings. The van der Waals surface area contributed by atoms with Crippen molar-refractivity contribution in [2.24, 2.45) is 5.11 Å². The zero-order valence-electron chi connectivity index (χ0n) is 11.2. The van der Waals surface area contributed by atoms with Crippen LogP contribution >= 0.6 is 0 Å². The summed E-state index contributed by atoms with van der Waals surface area (Å²) < 4.78 is 5.19. The number of ether oxygens (including phenoxy) is 1. The monoisotopic (exact) mass is 262 g/mol. The second kappa shape index (κ2) is 8.13. The van der Waals surface area contributed by atoms with Gasteiger partial charge in [0, 0.05) is 11.5 Å². The molecule has 0 radical (unpaired) electrons. The minimum absolute atomic E-state index is 0.290. The summed E-state index contributed by atoms with van der Waals surface area (Å²) in [7, 11) is 0. The Kier molecular flexibility index (Phi) is 6.43. The molecule has 0 bridgehead atoms. The van der Waals surface area contributed by atoms with Gasteiger partial charge in [0.25, 0.3) is 0 Å². The first kappa shape index (κ1) is 15.0. The fourth-order valence-electron chi connectivity index (χ4n) is 1.67. The van der Waals surface area contributed by atoms with Crippen LogP contribution in [0.1, 0.15) is 24.2 Å². The third-order valence-corrected chi connectivity index (χ3v) is 2.81. The highest BCUT2D eigenvalue weighted by Gasteiger charge is 2.11. The lowest BCUT2D eigenvalue weighted by Gasteiger charge is -2.17. The predicted molar refractivity (Wildman–Crippen MR) is 73.3 cm³/mol. The average molecular weight is 262 g/mol. The largest absolute Gasteiger partial charge is 0.461 e. The van der Waals surface area contributed by atoms with Gasteiger partial charge in [-0.15, -0.1) is 0 Å². The summed E-state index contributed by atoms with van der Waals surface area (Å²) in [6.07, 6.45) is 0. The Balaban J connectivity index is 2.61. The summed E-state index contributed by atoms with van der Waals surface area (Å²) in [6.45, 7) is 6.98. The van der Waals surface area contributed by atoms with E-state index in [2.05, 4.69) is 28.8 Å². The van der Waals surface area contributed by atoms with Gasteiger partial charge in [0.15, 0.2) is 0 Å². The van der Waals surface area contributed by atoms with E-state index in [0.29, 0.717) is 18.7 Å². The fraction of sp³-hybridized carbons (Fsp3) is 0.462. The van der Waals surface area contributed by atoms with Crippen molar-refractivity contribution >= 4 is 11.7 Å². The summed E-state index contributed by atoms with van der Waals surface area (Å²) in [5.74, 6) is -0.463. The van der Waals surface area contributed by atoms with Crippen molar-refractivity contribution in [2.45, 2.75) is 13.8 Å². The maximum absolute atomic E-state index is 11.9. The molecule has 0 amide bonds. The number of carbonyl (C=O) groups is 1. The van der Waals surface area contributed by atoms with E-state index in [0.717, 1.165) is 13.1 Å². The zero-order valence-corrected chi connectivity index (χ0v) is 11.2. The van der Waals surface area contributed by atoms with E-state index in [1.807, 2.05) is 0 Å². The van der Waals surface area contributed by atoms with Crippen molar-refractivity contribution in [1.82, 2.24) is 4.90 Å². The molecule has 0 spiro atoms. The quantitative estimate of drug-likeness (QED) is 0.328.